The topological polar surface area (TPSA) is 65.2 Å². The summed E-state index contributed by atoms with van der Waals surface area (Å²) in [4.78, 5) is 14.7. The van der Waals surface area contributed by atoms with Gasteiger partial charge in [0.25, 0.3) is 0 Å². The summed E-state index contributed by atoms with van der Waals surface area (Å²) in [7, 11) is 0. The fourth-order valence-electron chi connectivity index (χ4n) is 0.707. The number of hydrogen-bond acceptors (Lipinski definition) is 4. The Hall–Kier alpha value is -1.42. The van der Waals surface area contributed by atoms with Gasteiger partial charge in [-0.3, -0.25) is 9.78 Å². The second kappa shape index (κ2) is 4.46. The van der Waals surface area contributed by atoms with E-state index in [1.165, 1.54) is 0 Å². The maximum Gasteiger partial charge on any atom is 0.312 e. The van der Waals surface area contributed by atoms with Crippen LogP contribution in [0.3, 0.4) is 0 Å². The Bertz CT molecular complexity index is 248. The number of nitrogens with zero attached hydrogens (tertiary/aromatic N) is 1. The summed E-state index contributed by atoms with van der Waals surface area (Å²) in [5.74, 6) is 0.187. The van der Waals surface area contributed by atoms with Crippen molar-refractivity contribution in [1.29, 1.82) is 0 Å². The van der Waals surface area contributed by atoms with E-state index in [4.69, 9.17) is 10.5 Å². The van der Waals surface area contributed by atoms with Crippen LogP contribution < -0.4 is 10.5 Å². The smallest absolute Gasteiger partial charge is 0.312 e. The Labute approximate surface area is 70.4 Å². The molecule has 0 bridgehead atoms. The third kappa shape index (κ3) is 2.67. The summed E-state index contributed by atoms with van der Waals surface area (Å²) in [6, 6.07) is 3.24. The van der Waals surface area contributed by atoms with Crippen LogP contribution in [0.1, 0.15) is 6.42 Å². The van der Waals surface area contributed by atoms with Crippen molar-refractivity contribution in [3.63, 3.8) is 0 Å². The second-order valence-electron chi connectivity index (χ2n) is 2.20. The van der Waals surface area contributed by atoms with Gasteiger partial charge in [-0.15, -0.1) is 0 Å². The highest BCUT2D eigenvalue weighted by Gasteiger charge is 2.01. The number of carbonyl (C=O) groups is 1. The molecule has 0 aliphatic carbocycles. The van der Waals surface area contributed by atoms with Crippen LogP contribution in [0.5, 0.6) is 5.75 Å². The standard InChI is InChI=1S/C8H10N2O2/c9-4-1-8(11)12-7-2-5-10-6-3-7/h2-3,5-6H,1,4,9H2. The van der Waals surface area contributed by atoms with Crippen LogP contribution >= 0.6 is 0 Å². The first-order valence-electron chi connectivity index (χ1n) is 3.63. The summed E-state index contributed by atoms with van der Waals surface area (Å²) >= 11 is 0. The van der Waals surface area contributed by atoms with Crippen molar-refractivity contribution >= 4 is 5.97 Å². The second-order valence-corrected chi connectivity index (χ2v) is 2.20. The monoisotopic (exact) mass is 166 g/mol. The van der Waals surface area contributed by atoms with Gasteiger partial charge in [-0.05, 0) is 12.1 Å². The molecule has 12 heavy (non-hydrogen) atoms. The van der Waals surface area contributed by atoms with Gasteiger partial charge in [-0.25, -0.2) is 0 Å². The molecule has 0 saturated carbocycles. The molecule has 4 heteroatoms. The minimum Gasteiger partial charge on any atom is -0.426 e. The predicted molar refractivity (Wildman–Crippen MR) is 43.5 cm³/mol. The number of nitrogens with two attached hydrogens (primary N) is 1. The van der Waals surface area contributed by atoms with Crippen LogP contribution in [-0.4, -0.2) is 17.5 Å². The van der Waals surface area contributed by atoms with Crippen molar-refractivity contribution in [2.24, 2.45) is 5.73 Å². The molecule has 0 aromatic carbocycles. The number of hydrogen-bond donors (Lipinski definition) is 1. The molecule has 0 amide bonds. The zero-order valence-corrected chi connectivity index (χ0v) is 6.56. The number of esters is 1. The average Bonchev–Trinajstić information content (AvgIpc) is 2.06. The fourth-order valence-corrected chi connectivity index (χ4v) is 0.707. The molecule has 0 atom stereocenters. The number of pyridine rings is 1. The maximum atomic E-state index is 10.9. The van der Waals surface area contributed by atoms with Gasteiger partial charge in [0.1, 0.15) is 5.75 Å². The third-order valence-corrected chi connectivity index (χ3v) is 1.23. The van der Waals surface area contributed by atoms with Crippen LogP contribution in [0.2, 0.25) is 0 Å². The molecule has 0 spiro atoms. The molecule has 0 fully saturated rings. The van der Waals surface area contributed by atoms with Gasteiger partial charge in [0, 0.05) is 18.9 Å². The van der Waals surface area contributed by atoms with Gasteiger partial charge in [0.2, 0.25) is 0 Å². The van der Waals surface area contributed by atoms with Crippen LogP contribution in [0.15, 0.2) is 24.5 Å². The number of aromatic nitrogens is 1. The van der Waals surface area contributed by atoms with Crippen molar-refractivity contribution in [2.45, 2.75) is 6.42 Å². The average molecular weight is 166 g/mol. The molecule has 1 aromatic rings. The zero-order chi connectivity index (χ0) is 8.81. The lowest BCUT2D eigenvalue weighted by Crippen LogP contribution is -2.13. The SMILES string of the molecule is NCCC(=O)Oc1ccncc1. The molecule has 4 nitrogen and oxygen atoms in total. The normalized spacial score (nSPS) is 9.42. The Morgan fingerprint density at radius 3 is 2.75 bits per heavy atom. The molecule has 0 aliphatic heterocycles. The number of ether oxygens (including phenoxy) is 1. The van der Waals surface area contributed by atoms with E-state index in [0.29, 0.717) is 12.3 Å². The molecule has 0 unspecified atom stereocenters. The van der Waals surface area contributed by atoms with Gasteiger partial charge in [-0.2, -0.15) is 0 Å². The predicted octanol–water partition coefficient (Wildman–Crippen LogP) is 0.336. The van der Waals surface area contributed by atoms with Crippen LogP contribution in [0.25, 0.3) is 0 Å². The first-order chi connectivity index (χ1) is 5.83. The van der Waals surface area contributed by atoms with E-state index in [-0.39, 0.29) is 12.4 Å². The first-order valence-corrected chi connectivity index (χ1v) is 3.63. The van der Waals surface area contributed by atoms with Gasteiger partial charge in [0.05, 0.1) is 6.42 Å². The molecule has 1 aromatic heterocycles. The number of carbonyl (C=O) groups excluding carboxylic acids is 1. The maximum absolute atomic E-state index is 10.9. The molecule has 1 rings (SSSR count). The van der Waals surface area contributed by atoms with Gasteiger partial charge in [-0.1, -0.05) is 0 Å². The highest BCUT2D eigenvalue weighted by atomic mass is 16.5. The van der Waals surface area contributed by atoms with Crippen LogP contribution in [0, 0.1) is 0 Å². The van der Waals surface area contributed by atoms with Crippen molar-refractivity contribution in [2.75, 3.05) is 6.54 Å². The van der Waals surface area contributed by atoms with E-state index in [0.717, 1.165) is 0 Å². The van der Waals surface area contributed by atoms with Crippen LogP contribution in [0.4, 0.5) is 0 Å². The first kappa shape index (κ1) is 8.67. The molecular weight excluding hydrogens is 156 g/mol. The quantitative estimate of drug-likeness (QED) is 0.657. The van der Waals surface area contributed by atoms with E-state index in [1.54, 1.807) is 24.5 Å². The zero-order valence-electron chi connectivity index (χ0n) is 6.56. The summed E-state index contributed by atoms with van der Waals surface area (Å²) < 4.78 is 4.90. The highest BCUT2D eigenvalue weighted by molar-refractivity contribution is 5.72. The number of rotatable bonds is 3. The van der Waals surface area contributed by atoms with E-state index >= 15 is 0 Å². The summed E-state index contributed by atoms with van der Waals surface area (Å²) in [6.45, 7) is 0.309. The summed E-state index contributed by atoms with van der Waals surface area (Å²) in [6.07, 6.45) is 3.36. The minimum absolute atomic E-state index is 0.238. The van der Waals surface area contributed by atoms with Crippen molar-refractivity contribution in [3.05, 3.63) is 24.5 Å². The Kier molecular flexibility index (Phi) is 3.22. The Balaban J connectivity index is 2.47. The molecule has 0 radical (unpaired) electrons. The Morgan fingerprint density at radius 1 is 1.50 bits per heavy atom. The lowest BCUT2D eigenvalue weighted by atomic mass is 10.4. The van der Waals surface area contributed by atoms with Crippen molar-refractivity contribution in [3.8, 4) is 5.75 Å². The summed E-state index contributed by atoms with van der Waals surface area (Å²) in [5.41, 5.74) is 5.17. The molecule has 64 valence electrons. The van der Waals surface area contributed by atoms with Crippen molar-refractivity contribution in [1.82, 2.24) is 4.98 Å². The van der Waals surface area contributed by atoms with Gasteiger partial charge in [0.15, 0.2) is 0 Å². The molecule has 0 saturated heterocycles. The van der Waals surface area contributed by atoms with Crippen molar-refractivity contribution < 1.29 is 9.53 Å². The third-order valence-electron chi connectivity index (χ3n) is 1.23. The lowest BCUT2D eigenvalue weighted by molar-refractivity contribution is -0.134. The van der Waals surface area contributed by atoms with E-state index in [1.807, 2.05) is 0 Å². The molecule has 0 aliphatic rings. The fraction of sp³-hybridized carbons (Fsp3) is 0.250. The van der Waals surface area contributed by atoms with E-state index in [9.17, 15) is 4.79 Å². The minimum atomic E-state index is -0.316. The molecule has 2 N–H and O–H groups in total. The van der Waals surface area contributed by atoms with E-state index < -0.39 is 0 Å². The highest BCUT2D eigenvalue weighted by Crippen LogP contribution is 2.07. The van der Waals surface area contributed by atoms with Crippen LogP contribution in [-0.2, 0) is 4.79 Å². The lowest BCUT2D eigenvalue weighted by Gasteiger charge is -2.00. The largest absolute Gasteiger partial charge is 0.426 e. The molecule has 1 heterocycles. The Morgan fingerprint density at radius 2 is 2.17 bits per heavy atom. The summed E-state index contributed by atoms with van der Waals surface area (Å²) in [5, 5.41) is 0. The molecular formula is C8H10N2O2. The van der Waals surface area contributed by atoms with E-state index in [2.05, 4.69) is 4.98 Å². The van der Waals surface area contributed by atoms with Gasteiger partial charge < -0.3 is 10.5 Å². The van der Waals surface area contributed by atoms with Gasteiger partial charge >= 0.3 is 5.97 Å².